The van der Waals surface area contributed by atoms with E-state index >= 15 is 0 Å². The van der Waals surface area contributed by atoms with Crippen molar-refractivity contribution in [3.05, 3.63) is 23.3 Å². The van der Waals surface area contributed by atoms with Gasteiger partial charge in [0, 0.05) is 6.07 Å². The molecule has 1 aromatic rings. The van der Waals surface area contributed by atoms with E-state index in [9.17, 15) is 31.1 Å². The summed E-state index contributed by atoms with van der Waals surface area (Å²) in [5.74, 6) is -2.96. The first-order chi connectivity index (χ1) is 7.74. The molecule has 0 fully saturated rings. The molecule has 0 atom stereocenters. The number of pyridine rings is 1. The predicted octanol–water partition coefficient (Wildman–Crippen LogP) is 2.87. The lowest BCUT2D eigenvalue weighted by Gasteiger charge is -2.12. The third kappa shape index (κ3) is 3.33. The van der Waals surface area contributed by atoms with E-state index in [0.29, 0.717) is 0 Å². The van der Waals surface area contributed by atoms with Crippen LogP contribution in [0.4, 0.5) is 26.3 Å². The molecule has 0 aliphatic heterocycles. The van der Waals surface area contributed by atoms with Crippen LogP contribution in [-0.4, -0.2) is 17.6 Å². The van der Waals surface area contributed by atoms with Crippen molar-refractivity contribution in [2.45, 2.75) is 12.8 Å². The Bertz CT molecular complexity index is 431. The van der Waals surface area contributed by atoms with Gasteiger partial charge in [0.05, 0.1) is 0 Å². The van der Waals surface area contributed by atoms with Crippen molar-refractivity contribution in [1.82, 2.24) is 4.98 Å². The van der Waals surface area contributed by atoms with Crippen LogP contribution in [0.2, 0.25) is 0 Å². The molecule has 0 unspecified atom stereocenters. The molecule has 3 nitrogen and oxygen atoms in total. The summed E-state index contributed by atoms with van der Waals surface area (Å²) < 4.78 is 76.1. The summed E-state index contributed by atoms with van der Waals surface area (Å²) in [5, 5.41) is 0. The highest BCUT2D eigenvalue weighted by atomic mass is 19.4. The van der Waals surface area contributed by atoms with Gasteiger partial charge < -0.3 is 4.74 Å². The fraction of sp³-hybridized carbons (Fsp3) is 0.250. The molecule has 0 aliphatic carbocycles. The maximum atomic E-state index is 12.9. The van der Waals surface area contributed by atoms with E-state index < -0.39 is 35.7 Å². The summed E-state index contributed by atoms with van der Waals surface area (Å²) in [6, 6.07) is 0.0334. The topological polar surface area (TPSA) is 39.2 Å². The first-order valence-corrected chi connectivity index (χ1v) is 3.94. The maximum Gasteiger partial charge on any atom is 0.573 e. The normalized spacial score (nSPS) is 11.7. The van der Waals surface area contributed by atoms with Crippen molar-refractivity contribution in [2.75, 3.05) is 0 Å². The van der Waals surface area contributed by atoms with E-state index in [2.05, 4.69) is 9.72 Å². The average molecular weight is 259 g/mol. The minimum absolute atomic E-state index is 0.0334. The molecule has 1 rings (SSSR count). The second-order valence-corrected chi connectivity index (χ2v) is 2.71. The third-order valence-electron chi connectivity index (χ3n) is 1.54. The Morgan fingerprint density at radius 1 is 1.35 bits per heavy atom. The summed E-state index contributed by atoms with van der Waals surface area (Å²) in [4.78, 5) is 12.9. The van der Waals surface area contributed by atoms with Gasteiger partial charge in [-0.2, -0.15) is 0 Å². The largest absolute Gasteiger partial charge is 0.573 e. The molecular weight excluding hydrogens is 256 g/mol. The molecule has 0 aromatic carbocycles. The van der Waals surface area contributed by atoms with Crippen LogP contribution >= 0.6 is 0 Å². The Morgan fingerprint density at radius 3 is 2.35 bits per heavy atom. The molecule has 0 saturated heterocycles. The number of carbonyl (C=O) groups excluding carboxylic acids is 1. The van der Waals surface area contributed by atoms with Gasteiger partial charge in [0.25, 0.3) is 6.43 Å². The zero-order valence-electron chi connectivity index (χ0n) is 7.76. The Hall–Kier alpha value is -1.80. The molecule has 94 valence electrons. The van der Waals surface area contributed by atoms with Gasteiger partial charge in [0.2, 0.25) is 0 Å². The Kier molecular flexibility index (Phi) is 3.59. The standard InChI is InChI=1S/C8H3F6NO2/c9-3-1-5(17-8(12,13)14)6(7(10)11)15-4(3)2-16/h1-2,7H. The number of alkyl halides is 5. The van der Waals surface area contributed by atoms with Crippen molar-refractivity contribution in [3.8, 4) is 5.75 Å². The number of rotatable bonds is 3. The van der Waals surface area contributed by atoms with E-state index in [1.165, 1.54) is 0 Å². The second kappa shape index (κ2) is 4.60. The van der Waals surface area contributed by atoms with Crippen LogP contribution < -0.4 is 4.74 Å². The van der Waals surface area contributed by atoms with Gasteiger partial charge in [0.15, 0.2) is 17.9 Å². The highest BCUT2D eigenvalue weighted by molar-refractivity contribution is 5.72. The van der Waals surface area contributed by atoms with Crippen LogP contribution in [0.5, 0.6) is 5.75 Å². The van der Waals surface area contributed by atoms with Crippen LogP contribution in [0.1, 0.15) is 22.6 Å². The van der Waals surface area contributed by atoms with Gasteiger partial charge in [-0.05, 0) is 0 Å². The van der Waals surface area contributed by atoms with Crippen molar-refractivity contribution in [1.29, 1.82) is 0 Å². The molecule has 0 spiro atoms. The fourth-order valence-electron chi connectivity index (χ4n) is 0.947. The first-order valence-electron chi connectivity index (χ1n) is 3.94. The summed E-state index contributed by atoms with van der Waals surface area (Å²) in [6.07, 6.45) is -8.90. The number of aromatic nitrogens is 1. The number of aldehydes is 1. The number of hydrogen-bond acceptors (Lipinski definition) is 3. The van der Waals surface area contributed by atoms with E-state index in [4.69, 9.17) is 0 Å². The average Bonchev–Trinajstić information content (AvgIpc) is 2.14. The zero-order chi connectivity index (χ0) is 13.2. The zero-order valence-corrected chi connectivity index (χ0v) is 7.76. The SMILES string of the molecule is O=Cc1nc(C(F)F)c(OC(F)(F)F)cc1F. The first kappa shape index (κ1) is 13.3. The summed E-state index contributed by atoms with van der Waals surface area (Å²) >= 11 is 0. The lowest BCUT2D eigenvalue weighted by atomic mass is 10.2. The second-order valence-electron chi connectivity index (χ2n) is 2.71. The number of nitrogens with zero attached hydrogens (tertiary/aromatic N) is 1. The van der Waals surface area contributed by atoms with Gasteiger partial charge in [-0.15, -0.1) is 13.2 Å². The van der Waals surface area contributed by atoms with Crippen molar-refractivity contribution < 1.29 is 35.9 Å². The molecule has 9 heteroatoms. The summed E-state index contributed by atoms with van der Waals surface area (Å²) in [7, 11) is 0. The smallest absolute Gasteiger partial charge is 0.403 e. The van der Waals surface area contributed by atoms with Gasteiger partial charge in [-0.3, -0.25) is 4.79 Å². The van der Waals surface area contributed by atoms with Crippen molar-refractivity contribution >= 4 is 6.29 Å². The molecule has 0 aliphatic rings. The molecule has 1 aromatic heterocycles. The number of halogens is 6. The molecule has 0 saturated carbocycles. The Morgan fingerprint density at radius 2 is 1.94 bits per heavy atom. The predicted molar refractivity (Wildman–Crippen MR) is 41.2 cm³/mol. The summed E-state index contributed by atoms with van der Waals surface area (Å²) in [6.45, 7) is 0. The van der Waals surface area contributed by atoms with Crippen LogP contribution in [0.3, 0.4) is 0 Å². The Labute approximate surface area is 90.0 Å². The fourth-order valence-corrected chi connectivity index (χ4v) is 0.947. The lowest BCUT2D eigenvalue weighted by molar-refractivity contribution is -0.275. The highest BCUT2D eigenvalue weighted by Crippen LogP contribution is 2.32. The molecule has 0 bridgehead atoms. The molecule has 17 heavy (non-hydrogen) atoms. The molecule has 0 amide bonds. The monoisotopic (exact) mass is 259 g/mol. The maximum absolute atomic E-state index is 12.9. The number of hydrogen-bond donors (Lipinski definition) is 0. The molecule has 0 N–H and O–H groups in total. The molecular formula is C8H3F6NO2. The third-order valence-corrected chi connectivity index (χ3v) is 1.54. The van der Waals surface area contributed by atoms with E-state index in [1.54, 1.807) is 0 Å². The van der Waals surface area contributed by atoms with E-state index in [1.807, 2.05) is 0 Å². The number of carbonyl (C=O) groups is 1. The number of ether oxygens (including phenoxy) is 1. The van der Waals surface area contributed by atoms with Gasteiger partial charge >= 0.3 is 6.36 Å². The minimum Gasteiger partial charge on any atom is -0.403 e. The van der Waals surface area contributed by atoms with E-state index in [-0.39, 0.29) is 12.4 Å². The van der Waals surface area contributed by atoms with Crippen LogP contribution in [0.25, 0.3) is 0 Å². The van der Waals surface area contributed by atoms with Gasteiger partial charge in [-0.25, -0.2) is 18.2 Å². The van der Waals surface area contributed by atoms with E-state index in [0.717, 1.165) is 0 Å². The van der Waals surface area contributed by atoms with Gasteiger partial charge in [0.1, 0.15) is 11.4 Å². The highest BCUT2D eigenvalue weighted by Gasteiger charge is 2.34. The van der Waals surface area contributed by atoms with Crippen molar-refractivity contribution in [3.63, 3.8) is 0 Å². The molecule has 0 radical (unpaired) electrons. The van der Waals surface area contributed by atoms with Crippen LogP contribution in [-0.2, 0) is 0 Å². The molecule has 1 heterocycles. The van der Waals surface area contributed by atoms with Crippen LogP contribution in [0, 0.1) is 5.82 Å². The quantitative estimate of drug-likeness (QED) is 0.618. The van der Waals surface area contributed by atoms with Crippen molar-refractivity contribution in [2.24, 2.45) is 0 Å². The van der Waals surface area contributed by atoms with Crippen LogP contribution in [0.15, 0.2) is 6.07 Å². The van der Waals surface area contributed by atoms with Gasteiger partial charge in [-0.1, -0.05) is 0 Å². The Balaban J connectivity index is 3.28. The summed E-state index contributed by atoms with van der Waals surface area (Å²) in [5.41, 5.74) is -2.47. The minimum atomic E-state index is -5.26. The lowest BCUT2D eigenvalue weighted by Crippen LogP contribution is -2.19.